The molecule has 0 amide bonds. The Morgan fingerprint density at radius 1 is 1.19 bits per heavy atom. The maximum atomic E-state index is 4.40. The molecule has 2 N–H and O–H groups in total. The fraction of sp³-hybridized carbons (Fsp3) is 0.583. The lowest BCUT2D eigenvalue weighted by Gasteiger charge is -2.18. The van der Waals surface area contributed by atoms with Gasteiger partial charge >= 0.3 is 0 Å². The molecule has 0 unspecified atom stereocenters. The molecule has 1 heterocycles. The standard InChI is InChI=1S/C12H22N4/c1-4-16(5-2)10-9-14-12-8-6-7-11(13-3)15-12/h6-8H,4-5,9-10H2,1-3H3,(H2,13,14,15). The van der Waals surface area contributed by atoms with Crippen molar-refractivity contribution in [2.45, 2.75) is 13.8 Å². The molecule has 0 aliphatic heterocycles. The number of hydrogen-bond donors (Lipinski definition) is 2. The van der Waals surface area contributed by atoms with Crippen molar-refractivity contribution < 1.29 is 0 Å². The predicted octanol–water partition coefficient (Wildman–Crippen LogP) is 1.88. The quantitative estimate of drug-likeness (QED) is 0.739. The van der Waals surface area contributed by atoms with E-state index in [0.29, 0.717) is 0 Å². The topological polar surface area (TPSA) is 40.2 Å². The summed E-state index contributed by atoms with van der Waals surface area (Å²) in [6.45, 7) is 8.55. The van der Waals surface area contributed by atoms with Gasteiger partial charge in [-0.25, -0.2) is 4.98 Å². The number of aromatic nitrogens is 1. The van der Waals surface area contributed by atoms with Crippen LogP contribution in [0.4, 0.5) is 11.6 Å². The Hall–Kier alpha value is -1.29. The van der Waals surface area contributed by atoms with Gasteiger partial charge in [0, 0.05) is 20.1 Å². The van der Waals surface area contributed by atoms with Gasteiger partial charge in [-0.15, -0.1) is 0 Å². The van der Waals surface area contributed by atoms with Gasteiger partial charge in [0.05, 0.1) is 0 Å². The number of likely N-dealkylation sites (N-methyl/N-ethyl adjacent to an activating group) is 1. The molecule has 90 valence electrons. The highest BCUT2D eigenvalue weighted by Gasteiger charge is 1.99. The molecule has 0 fully saturated rings. The van der Waals surface area contributed by atoms with Crippen LogP contribution in [0.1, 0.15) is 13.8 Å². The van der Waals surface area contributed by atoms with Gasteiger partial charge in [-0.2, -0.15) is 0 Å². The molecule has 1 aromatic heterocycles. The number of rotatable bonds is 7. The highest BCUT2D eigenvalue weighted by Crippen LogP contribution is 2.07. The first kappa shape index (κ1) is 12.8. The van der Waals surface area contributed by atoms with Crippen molar-refractivity contribution in [1.29, 1.82) is 0 Å². The lowest BCUT2D eigenvalue weighted by Crippen LogP contribution is -2.28. The van der Waals surface area contributed by atoms with Gasteiger partial charge in [-0.05, 0) is 25.2 Å². The summed E-state index contributed by atoms with van der Waals surface area (Å²) < 4.78 is 0. The molecule has 0 aliphatic carbocycles. The van der Waals surface area contributed by atoms with Crippen LogP contribution < -0.4 is 10.6 Å². The van der Waals surface area contributed by atoms with Crippen LogP contribution in [0.3, 0.4) is 0 Å². The van der Waals surface area contributed by atoms with E-state index in [-0.39, 0.29) is 0 Å². The van der Waals surface area contributed by atoms with E-state index in [1.165, 1.54) is 0 Å². The van der Waals surface area contributed by atoms with Crippen LogP contribution in [0.5, 0.6) is 0 Å². The number of pyridine rings is 1. The normalized spacial score (nSPS) is 10.5. The van der Waals surface area contributed by atoms with E-state index in [0.717, 1.165) is 37.8 Å². The minimum atomic E-state index is 0.896. The summed E-state index contributed by atoms with van der Waals surface area (Å²) in [5.41, 5.74) is 0. The molecule has 1 aromatic rings. The van der Waals surface area contributed by atoms with Gasteiger partial charge in [-0.3, -0.25) is 0 Å². The highest BCUT2D eigenvalue weighted by atomic mass is 15.1. The minimum absolute atomic E-state index is 0.896. The van der Waals surface area contributed by atoms with Crippen molar-refractivity contribution in [3.8, 4) is 0 Å². The van der Waals surface area contributed by atoms with Gasteiger partial charge in [0.15, 0.2) is 0 Å². The molecule has 1 rings (SSSR count). The number of nitrogens with one attached hydrogen (secondary N) is 2. The molecule has 4 heteroatoms. The van der Waals surface area contributed by atoms with Gasteiger partial charge in [0.2, 0.25) is 0 Å². The zero-order valence-corrected chi connectivity index (χ0v) is 10.5. The lowest BCUT2D eigenvalue weighted by molar-refractivity contribution is 0.316. The molecular weight excluding hydrogens is 200 g/mol. The van der Waals surface area contributed by atoms with Crippen LogP contribution in [-0.4, -0.2) is 43.1 Å². The zero-order chi connectivity index (χ0) is 11.8. The van der Waals surface area contributed by atoms with Crippen molar-refractivity contribution in [2.75, 3.05) is 43.9 Å². The first-order valence-electron chi connectivity index (χ1n) is 5.91. The second-order valence-electron chi connectivity index (χ2n) is 3.61. The maximum Gasteiger partial charge on any atom is 0.128 e. The number of nitrogens with zero attached hydrogens (tertiary/aromatic N) is 2. The monoisotopic (exact) mass is 222 g/mol. The van der Waals surface area contributed by atoms with Crippen molar-refractivity contribution >= 4 is 11.6 Å². The second kappa shape index (κ2) is 7.06. The third-order valence-corrected chi connectivity index (χ3v) is 2.63. The molecule has 0 spiro atoms. The lowest BCUT2D eigenvalue weighted by atomic mass is 10.4. The Balaban J connectivity index is 2.36. The Morgan fingerprint density at radius 3 is 2.50 bits per heavy atom. The SMILES string of the molecule is CCN(CC)CCNc1cccc(NC)n1. The van der Waals surface area contributed by atoms with Crippen LogP contribution >= 0.6 is 0 Å². The molecule has 4 nitrogen and oxygen atoms in total. The molecule has 0 aliphatic rings. The van der Waals surface area contributed by atoms with Crippen LogP contribution in [-0.2, 0) is 0 Å². The summed E-state index contributed by atoms with van der Waals surface area (Å²) in [4.78, 5) is 6.78. The number of hydrogen-bond acceptors (Lipinski definition) is 4. The Bertz CT molecular complexity index is 297. The average Bonchev–Trinajstić information content (AvgIpc) is 2.35. The molecule has 0 bridgehead atoms. The molecule has 0 saturated carbocycles. The van der Waals surface area contributed by atoms with Crippen molar-refractivity contribution in [3.63, 3.8) is 0 Å². The van der Waals surface area contributed by atoms with Gasteiger partial charge in [0.1, 0.15) is 11.6 Å². The summed E-state index contributed by atoms with van der Waals surface area (Å²) in [6, 6.07) is 5.94. The molecule has 0 saturated heterocycles. The van der Waals surface area contributed by atoms with E-state index in [4.69, 9.17) is 0 Å². The van der Waals surface area contributed by atoms with E-state index in [2.05, 4.69) is 34.4 Å². The predicted molar refractivity (Wildman–Crippen MR) is 70.1 cm³/mol. The van der Waals surface area contributed by atoms with Crippen molar-refractivity contribution in [3.05, 3.63) is 18.2 Å². The first-order chi connectivity index (χ1) is 7.80. The average molecular weight is 222 g/mol. The molecule has 0 aromatic carbocycles. The Kier molecular flexibility index (Phi) is 5.64. The van der Waals surface area contributed by atoms with Gasteiger partial charge in [0.25, 0.3) is 0 Å². The van der Waals surface area contributed by atoms with Crippen molar-refractivity contribution in [1.82, 2.24) is 9.88 Å². The molecule has 0 atom stereocenters. The summed E-state index contributed by atoms with van der Waals surface area (Å²) in [5.74, 6) is 1.83. The summed E-state index contributed by atoms with van der Waals surface area (Å²) in [7, 11) is 1.88. The Morgan fingerprint density at radius 2 is 1.88 bits per heavy atom. The second-order valence-corrected chi connectivity index (χ2v) is 3.61. The smallest absolute Gasteiger partial charge is 0.128 e. The van der Waals surface area contributed by atoms with E-state index in [9.17, 15) is 0 Å². The van der Waals surface area contributed by atoms with E-state index in [1.807, 2.05) is 25.2 Å². The fourth-order valence-electron chi connectivity index (χ4n) is 1.55. The Labute approximate surface area is 98.1 Å². The van der Waals surface area contributed by atoms with E-state index < -0.39 is 0 Å². The van der Waals surface area contributed by atoms with Crippen molar-refractivity contribution in [2.24, 2.45) is 0 Å². The first-order valence-corrected chi connectivity index (χ1v) is 5.91. The van der Waals surface area contributed by atoms with Crippen LogP contribution in [0.15, 0.2) is 18.2 Å². The van der Waals surface area contributed by atoms with Crippen LogP contribution in [0, 0.1) is 0 Å². The highest BCUT2D eigenvalue weighted by molar-refractivity contribution is 5.44. The van der Waals surface area contributed by atoms with Gasteiger partial charge in [-0.1, -0.05) is 19.9 Å². The minimum Gasteiger partial charge on any atom is -0.373 e. The van der Waals surface area contributed by atoms with Gasteiger partial charge < -0.3 is 15.5 Å². The van der Waals surface area contributed by atoms with Crippen LogP contribution in [0.2, 0.25) is 0 Å². The molecule has 0 radical (unpaired) electrons. The number of anilines is 2. The zero-order valence-electron chi connectivity index (χ0n) is 10.5. The molecule has 16 heavy (non-hydrogen) atoms. The third-order valence-electron chi connectivity index (χ3n) is 2.63. The summed E-state index contributed by atoms with van der Waals surface area (Å²) in [6.07, 6.45) is 0. The third kappa shape index (κ3) is 4.06. The van der Waals surface area contributed by atoms with E-state index in [1.54, 1.807) is 0 Å². The van der Waals surface area contributed by atoms with E-state index >= 15 is 0 Å². The largest absolute Gasteiger partial charge is 0.373 e. The summed E-state index contributed by atoms with van der Waals surface area (Å²) >= 11 is 0. The maximum absolute atomic E-state index is 4.40. The molecular formula is C12H22N4. The van der Waals surface area contributed by atoms with Crippen LogP contribution in [0.25, 0.3) is 0 Å². The fourth-order valence-corrected chi connectivity index (χ4v) is 1.55. The summed E-state index contributed by atoms with van der Waals surface area (Å²) in [5, 5.41) is 6.35.